The number of methoxy groups -OCH3 is 2. The van der Waals surface area contributed by atoms with Crippen LogP contribution in [0.15, 0.2) is 12.2 Å². The summed E-state index contributed by atoms with van der Waals surface area (Å²) < 4.78 is 69.2. The zero-order chi connectivity index (χ0) is 16.0. The van der Waals surface area contributed by atoms with Gasteiger partial charge in [-0.15, -0.1) is 0 Å². The lowest BCUT2D eigenvalue weighted by Gasteiger charge is -2.41. The van der Waals surface area contributed by atoms with Gasteiger partial charge in [0.2, 0.25) is 0 Å². The maximum atomic E-state index is 15.2. The van der Waals surface area contributed by atoms with Gasteiger partial charge >= 0.3 is 5.92 Å². The molecular formula is C14H19F3O5. The van der Waals surface area contributed by atoms with E-state index in [0.717, 1.165) is 0 Å². The van der Waals surface area contributed by atoms with Crippen LogP contribution < -0.4 is 0 Å². The van der Waals surface area contributed by atoms with Crippen LogP contribution in [0.5, 0.6) is 0 Å². The maximum absolute atomic E-state index is 15.2. The van der Waals surface area contributed by atoms with E-state index in [2.05, 4.69) is 4.74 Å². The van der Waals surface area contributed by atoms with Gasteiger partial charge in [-0.05, 0) is 6.42 Å². The first-order valence-corrected chi connectivity index (χ1v) is 7.05. The topological polar surface area (TPSA) is 46.2 Å². The summed E-state index contributed by atoms with van der Waals surface area (Å²) in [6, 6.07) is 0. The Morgan fingerprint density at radius 2 is 1.82 bits per heavy atom. The van der Waals surface area contributed by atoms with E-state index in [1.54, 1.807) is 6.08 Å². The molecule has 2 bridgehead atoms. The van der Waals surface area contributed by atoms with Crippen molar-refractivity contribution in [2.45, 2.75) is 29.8 Å². The number of fused-ring (bicyclic) bond motifs is 5. The lowest BCUT2D eigenvalue weighted by molar-refractivity contribution is -0.348. The summed E-state index contributed by atoms with van der Waals surface area (Å²) in [6.45, 7) is -2.34. The fourth-order valence-electron chi connectivity index (χ4n) is 3.83. The number of hydrogen-bond donors (Lipinski definition) is 0. The van der Waals surface area contributed by atoms with Gasteiger partial charge in [0.15, 0.2) is 5.60 Å². The van der Waals surface area contributed by atoms with E-state index in [9.17, 15) is 4.39 Å². The van der Waals surface area contributed by atoms with Gasteiger partial charge in [0, 0.05) is 26.1 Å². The first-order valence-electron chi connectivity index (χ1n) is 7.05. The van der Waals surface area contributed by atoms with Gasteiger partial charge in [0.05, 0.1) is 0 Å². The Morgan fingerprint density at radius 3 is 2.45 bits per heavy atom. The fourth-order valence-corrected chi connectivity index (χ4v) is 3.83. The average molecular weight is 324 g/mol. The Labute approximate surface area is 126 Å². The van der Waals surface area contributed by atoms with Gasteiger partial charge in [0.1, 0.15) is 26.4 Å². The molecular weight excluding hydrogens is 305 g/mol. The molecule has 0 aromatic rings. The fraction of sp³-hybridized carbons (Fsp3) is 0.857. The van der Waals surface area contributed by atoms with Crippen molar-refractivity contribution in [2.75, 3.05) is 34.5 Å². The molecule has 1 heterocycles. The molecule has 1 aliphatic heterocycles. The average Bonchev–Trinajstić information content (AvgIpc) is 3.14. The van der Waals surface area contributed by atoms with Crippen LogP contribution in [0.4, 0.5) is 13.2 Å². The van der Waals surface area contributed by atoms with Gasteiger partial charge < -0.3 is 23.7 Å². The minimum absolute atomic E-state index is 0.257. The monoisotopic (exact) mass is 324 g/mol. The number of hydrogen-bond acceptors (Lipinski definition) is 5. The summed E-state index contributed by atoms with van der Waals surface area (Å²) in [4.78, 5) is 0. The van der Waals surface area contributed by atoms with E-state index in [-0.39, 0.29) is 12.7 Å². The molecule has 22 heavy (non-hydrogen) atoms. The largest absolute Gasteiger partial charge is 0.359 e. The van der Waals surface area contributed by atoms with E-state index in [1.165, 1.54) is 14.2 Å². The van der Waals surface area contributed by atoms with Gasteiger partial charge in [-0.1, -0.05) is 12.2 Å². The quantitative estimate of drug-likeness (QED) is 0.528. The van der Waals surface area contributed by atoms with Crippen LogP contribution in [-0.2, 0) is 23.7 Å². The molecule has 126 valence electrons. The molecule has 3 aliphatic rings. The summed E-state index contributed by atoms with van der Waals surface area (Å²) in [5.41, 5.74) is -1.98. The van der Waals surface area contributed by atoms with Crippen LogP contribution in [0.1, 0.15) is 6.42 Å². The Kier molecular flexibility index (Phi) is 4.01. The van der Waals surface area contributed by atoms with Gasteiger partial charge in [0.25, 0.3) is 5.79 Å². The van der Waals surface area contributed by atoms with Crippen molar-refractivity contribution in [3.63, 3.8) is 0 Å². The van der Waals surface area contributed by atoms with Crippen molar-refractivity contribution in [1.29, 1.82) is 0 Å². The summed E-state index contributed by atoms with van der Waals surface area (Å²) in [6.07, 6.45) is 2.99. The third-order valence-electron chi connectivity index (χ3n) is 4.77. The molecule has 2 fully saturated rings. The van der Waals surface area contributed by atoms with Crippen molar-refractivity contribution in [3.05, 3.63) is 12.2 Å². The normalized spacial score (nSPS) is 44.7. The lowest BCUT2D eigenvalue weighted by atomic mass is 9.79. The Bertz CT molecular complexity index is 460. The highest BCUT2D eigenvalue weighted by atomic mass is 19.3. The second-order valence-electron chi connectivity index (χ2n) is 5.79. The van der Waals surface area contributed by atoms with E-state index in [1.807, 2.05) is 6.08 Å². The van der Waals surface area contributed by atoms with Crippen LogP contribution >= 0.6 is 0 Å². The zero-order valence-corrected chi connectivity index (χ0v) is 12.4. The molecule has 0 amide bonds. The molecule has 0 aromatic carbocycles. The smallest absolute Gasteiger partial charge is 0.335 e. The number of alkyl halides is 3. The predicted octanol–water partition coefficient (Wildman–Crippen LogP) is 1.87. The van der Waals surface area contributed by atoms with Crippen LogP contribution in [0, 0.1) is 11.8 Å². The van der Waals surface area contributed by atoms with Crippen LogP contribution in [0.2, 0.25) is 0 Å². The molecule has 0 N–H and O–H groups in total. The molecule has 2 aliphatic carbocycles. The molecule has 0 spiro atoms. The minimum atomic E-state index is -3.69. The van der Waals surface area contributed by atoms with E-state index >= 15 is 8.78 Å². The third-order valence-corrected chi connectivity index (χ3v) is 4.77. The number of halogens is 3. The molecule has 5 atom stereocenters. The highest BCUT2D eigenvalue weighted by Gasteiger charge is 2.84. The van der Waals surface area contributed by atoms with Crippen LogP contribution in [0.25, 0.3) is 0 Å². The third kappa shape index (κ3) is 1.78. The van der Waals surface area contributed by atoms with Crippen molar-refractivity contribution in [2.24, 2.45) is 11.8 Å². The van der Waals surface area contributed by atoms with Gasteiger partial charge in [-0.2, -0.15) is 8.78 Å². The van der Waals surface area contributed by atoms with Gasteiger partial charge in [-0.3, -0.25) is 0 Å². The van der Waals surface area contributed by atoms with Crippen molar-refractivity contribution >= 4 is 0 Å². The molecule has 1 saturated heterocycles. The molecule has 0 aromatic heterocycles. The standard InChI is InChI=1S/C14H19F3O5/c1-18-7-20-12(6-15)14(16,17)13(21-8-19-2)10-4-3-9(5-10)11(13)22-12/h3-4,9-11H,5-8H2,1-2H3. The minimum Gasteiger partial charge on any atom is -0.359 e. The molecule has 8 heteroatoms. The molecule has 1 saturated carbocycles. The lowest BCUT2D eigenvalue weighted by Crippen LogP contribution is -2.63. The first kappa shape index (κ1) is 16.2. The van der Waals surface area contributed by atoms with Crippen molar-refractivity contribution in [3.8, 4) is 0 Å². The van der Waals surface area contributed by atoms with E-state index in [0.29, 0.717) is 6.42 Å². The second-order valence-corrected chi connectivity index (χ2v) is 5.79. The summed E-state index contributed by atoms with van der Waals surface area (Å²) in [5.74, 6) is -7.23. The SMILES string of the molecule is COCOC1(CF)OC2C3C=CC(C3)C2(OCOC)C1(F)F. The summed E-state index contributed by atoms with van der Waals surface area (Å²) in [7, 11) is 2.61. The van der Waals surface area contributed by atoms with Gasteiger partial charge in [-0.25, -0.2) is 4.39 Å². The number of rotatable bonds is 7. The van der Waals surface area contributed by atoms with E-state index in [4.69, 9.17) is 18.9 Å². The Hall–Kier alpha value is -0.670. The Balaban J connectivity index is 2.00. The summed E-state index contributed by atoms with van der Waals surface area (Å²) >= 11 is 0. The molecule has 5 nitrogen and oxygen atoms in total. The first-order chi connectivity index (χ1) is 10.5. The van der Waals surface area contributed by atoms with Crippen molar-refractivity contribution in [1.82, 2.24) is 0 Å². The number of ether oxygens (including phenoxy) is 5. The van der Waals surface area contributed by atoms with E-state index < -0.39 is 42.8 Å². The highest BCUT2D eigenvalue weighted by molar-refractivity contribution is 5.31. The van der Waals surface area contributed by atoms with Crippen molar-refractivity contribution < 1.29 is 36.9 Å². The molecule has 3 rings (SSSR count). The second kappa shape index (κ2) is 5.45. The molecule has 5 unspecified atom stereocenters. The predicted molar refractivity (Wildman–Crippen MR) is 67.9 cm³/mol. The maximum Gasteiger partial charge on any atom is 0.335 e. The molecule has 0 radical (unpaired) electrons. The summed E-state index contributed by atoms with van der Waals surface area (Å²) in [5, 5.41) is 0. The van der Waals surface area contributed by atoms with Crippen LogP contribution in [-0.4, -0.2) is 57.9 Å². The zero-order valence-electron chi connectivity index (χ0n) is 12.4. The Morgan fingerprint density at radius 1 is 1.14 bits per heavy atom. The van der Waals surface area contributed by atoms with Crippen LogP contribution in [0.3, 0.4) is 0 Å². The highest BCUT2D eigenvalue weighted by Crippen LogP contribution is 2.65.